The van der Waals surface area contributed by atoms with Gasteiger partial charge in [0.25, 0.3) is 0 Å². The van der Waals surface area contributed by atoms with E-state index < -0.39 is 26.7 Å². The molecule has 0 radical (unpaired) electrons. The Labute approximate surface area is 97.7 Å². The van der Waals surface area contributed by atoms with E-state index in [4.69, 9.17) is 0 Å². The van der Waals surface area contributed by atoms with Crippen LogP contribution in [0, 0.1) is 0 Å². The fraction of sp³-hybridized carbons (Fsp3) is 0.273. The first kappa shape index (κ1) is 13.8. The van der Waals surface area contributed by atoms with E-state index in [1.54, 1.807) is 18.2 Å². The monoisotopic (exact) mass is 264 g/mol. The molecule has 6 heteroatoms. The van der Waals surface area contributed by atoms with Gasteiger partial charge in [0.05, 0.1) is 5.75 Å². The molecule has 0 aliphatic rings. The third kappa shape index (κ3) is 3.59. The third-order valence-corrected chi connectivity index (χ3v) is 3.87. The van der Waals surface area contributed by atoms with Crippen LogP contribution in [0.5, 0.6) is 0 Å². The van der Waals surface area contributed by atoms with Gasteiger partial charge in [-0.05, 0) is 11.6 Å². The molecule has 94 valence electrons. The molecule has 0 fully saturated rings. The minimum atomic E-state index is -4.87. The summed E-state index contributed by atoms with van der Waals surface area (Å²) in [6.45, 7) is 1.18. The lowest BCUT2D eigenvalue weighted by Gasteiger charge is -2.11. The molecule has 0 N–H and O–H groups in total. The van der Waals surface area contributed by atoms with Gasteiger partial charge in [0.2, 0.25) is 0 Å². The number of halogens is 3. The molecule has 0 saturated carbocycles. The molecular weight excluding hydrogens is 253 g/mol. The van der Waals surface area contributed by atoms with Crippen LogP contribution >= 0.6 is 0 Å². The lowest BCUT2D eigenvalue weighted by atomic mass is 10.2. The van der Waals surface area contributed by atoms with Gasteiger partial charge in [-0.25, -0.2) is 8.42 Å². The third-order valence-electron chi connectivity index (χ3n) is 2.09. The van der Waals surface area contributed by atoms with Crippen LogP contribution in [0.2, 0.25) is 0 Å². The Morgan fingerprint density at radius 3 is 2.18 bits per heavy atom. The summed E-state index contributed by atoms with van der Waals surface area (Å²) >= 11 is 0. The minimum Gasteiger partial charge on any atom is -0.224 e. The van der Waals surface area contributed by atoms with E-state index in [1.165, 1.54) is 19.1 Å². The number of allylic oxidation sites excluding steroid dienone is 1. The summed E-state index contributed by atoms with van der Waals surface area (Å²) in [6, 6.07) is 7.55. The second-order valence-corrected chi connectivity index (χ2v) is 5.57. The van der Waals surface area contributed by atoms with E-state index in [2.05, 4.69) is 0 Å². The summed E-state index contributed by atoms with van der Waals surface area (Å²) in [6.07, 6.45) is -4.22. The zero-order chi connectivity index (χ0) is 13.1. The van der Waals surface area contributed by atoms with Gasteiger partial charge in [0.15, 0.2) is 9.84 Å². The fourth-order valence-corrected chi connectivity index (χ4v) is 2.18. The lowest BCUT2D eigenvalue weighted by Crippen LogP contribution is -2.21. The molecule has 0 aliphatic heterocycles. The molecule has 17 heavy (non-hydrogen) atoms. The summed E-state index contributed by atoms with van der Waals surface area (Å²) in [7, 11) is -4.28. The smallest absolute Gasteiger partial charge is 0.224 e. The molecule has 2 nitrogen and oxygen atoms in total. The van der Waals surface area contributed by atoms with Crippen molar-refractivity contribution in [1.29, 1.82) is 0 Å². The van der Waals surface area contributed by atoms with Crippen LogP contribution in [-0.2, 0) is 9.84 Å². The number of rotatable bonds is 3. The van der Waals surface area contributed by atoms with Gasteiger partial charge < -0.3 is 0 Å². The van der Waals surface area contributed by atoms with Crippen molar-refractivity contribution in [3.05, 3.63) is 40.8 Å². The highest BCUT2D eigenvalue weighted by atomic mass is 32.2. The molecule has 1 aromatic rings. The molecular formula is C11H11F3O2S. The highest BCUT2D eigenvalue weighted by Gasteiger charge is 2.41. The lowest BCUT2D eigenvalue weighted by molar-refractivity contribution is -0.0836. The molecule has 0 aliphatic carbocycles. The zero-order valence-corrected chi connectivity index (χ0v) is 9.85. The highest BCUT2D eigenvalue weighted by Crippen LogP contribution is 2.32. The van der Waals surface area contributed by atoms with Crippen molar-refractivity contribution in [3.8, 4) is 0 Å². The Kier molecular flexibility index (Phi) is 3.98. The maximum Gasteiger partial charge on any atom is 0.427 e. The van der Waals surface area contributed by atoms with Gasteiger partial charge in [0.1, 0.15) is 4.91 Å². The van der Waals surface area contributed by atoms with Crippen molar-refractivity contribution in [2.45, 2.75) is 13.1 Å². The van der Waals surface area contributed by atoms with Crippen molar-refractivity contribution in [2.24, 2.45) is 0 Å². The Morgan fingerprint density at radius 1 is 1.24 bits per heavy atom. The van der Waals surface area contributed by atoms with Gasteiger partial charge in [-0.15, -0.1) is 0 Å². The van der Waals surface area contributed by atoms with Crippen molar-refractivity contribution >= 4 is 15.9 Å². The van der Waals surface area contributed by atoms with Crippen LogP contribution in [-0.4, -0.2) is 20.3 Å². The van der Waals surface area contributed by atoms with Gasteiger partial charge in [0, 0.05) is 0 Å². The van der Waals surface area contributed by atoms with E-state index >= 15 is 0 Å². The van der Waals surface area contributed by atoms with Crippen LogP contribution in [0.4, 0.5) is 13.2 Å². The molecule has 0 bridgehead atoms. The summed E-state index contributed by atoms with van der Waals surface area (Å²) < 4.78 is 60.6. The molecule has 1 aromatic carbocycles. The Balaban J connectivity index is 3.32. The predicted octanol–water partition coefficient (Wildman–Crippen LogP) is 3.02. The average molecular weight is 264 g/mol. The molecule has 0 spiro atoms. The summed E-state index contributed by atoms with van der Waals surface area (Å²) in [5, 5.41) is 0. The van der Waals surface area contributed by atoms with Crippen LogP contribution in [0.1, 0.15) is 12.5 Å². The maximum atomic E-state index is 12.6. The van der Waals surface area contributed by atoms with E-state index in [1.807, 2.05) is 0 Å². The largest absolute Gasteiger partial charge is 0.427 e. The second kappa shape index (κ2) is 4.91. The van der Waals surface area contributed by atoms with Gasteiger partial charge in [-0.1, -0.05) is 37.3 Å². The fourth-order valence-electron chi connectivity index (χ4n) is 1.20. The van der Waals surface area contributed by atoms with Gasteiger partial charge >= 0.3 is 6.18 Å². The van der Waals surface area contributed by atoms with Crippen LogP contribution < -0.4 is 0 Å². The van der Waals surface area contributed by atoms with Crippen LogP contribution in [0.25, 0.3) is 6.08 Å². The summed E-state index contributed by atoms with van der Waals surface area (Å²) in [5.41, 5.74) is 0.205. The number of alkyl halides is 3. The number of hydrogen-bond acceptors (Lipinski definition) is 2. The standard InChI is InChI=1S/C11H11F3O2S/c1-2-17(15,16)10(11(12,13)14)8-9-6-4-3-5-7-9/h3-8H,2H2,1H3/b10-8-. The predicted molar refractivity (Wildman–Crippen MR) is 59.9 cm³/mol. The normalized spacial score (nSPS) is 13.8. The van der Waals surface area contributed by atoms with E-state index in [-0.39, 0.29) is 5.56 Å². The van der Waals surface area contributed by atoms with Gasteiger partial charge in [-0.2, -0.15) is 13.2 Å². The number of sulfone groups is 1. The molecule has 1 rings (SSSR count). The van der Waals surface area contributed by atoms with Crippen molar-refractivity contribution in [2.75, 3.05) is 5.75 Å². The first-order chi connectivity index (χ1) is 7.77. The topological polar surface area (TPSA) is 34.1 Å². The quantitative estimate of drug-likeness (QED) is 0.841. The average Bonchev–Trinajstić information content (AvgIpc) is 2.25. The number of benzene rings is 1. The Bertz CT molecular complexity index is 501. The summed E-state index contributed by atoms with van der Waals surface area (Å²) in [4.78, 5) is -1.50. The first-order valence-electron chi connectivity index (χ1n) is 4.84. The molecule has 0 atom stereocenters. The highest BCUT2D eigenvalue weighted by molar-refractivity contribution is 7.95. The van der Waals surface area contributed by atoms with Crippen molar-refractivity contribution in [3.63, 3.8) is 0 Å². The molecule has 0 unspecified atom stereocenters. The zero-order valence-electron chi connectivity index (χ0n) is 9.03. The van der Waals surface area contributed by atoms with Crippen LogP contribution in [0.3, 0.4) is 0 Å². The van der Waals surface area contributed by atoms with Crippen molar-refractivity contribution in [1.82, 2.24) is 0 Å². The minimum absolute atomic E-state index is 0.205. The Morgan fingerprint density at radius 2 is 1.76 bits per heavy atom. The van der Waals surface area contributed by atoms with E-state index in [0.29, 0.717) is 6.08 Å². The molecule has 0 saturated heterocycles. The second-order valence-electron chi connectivity index (χ2n) is 3.32. The van der Waals surface area contributed by atoms with E-state index in [9.17, 15) is 21.6 Å². The SMILES string of the molecule is CCS(=O)(=O)/C(=C\c1ccccc1)C(F)(F)F. The first-order valence-corrected chi connectivity index (χ1v) is 6.49. The molecule has 0 heterocycles. The summed E-state index contributed by atoms with van der Waals surface area (Å²) in [5.74, 6) is -0.578. The van der Waals surface area contributed by atoms with Crippen LogP contribution in [0.15, 0.2) is 35.2 Å². The molecule has 0 aromatic heterocycles. The van der Waals surface area contributed by atoms with Gasteiger partial charge in [-0.3, -0.25) is 0 Å². The Hall–Kier alpha value is -1.30. The number of hydrogen-bond donors (Lipinski definition) is 0. The molecule has 0 amide bonds. The maximum absolute atomic E-state index is 12.6. The van der Waals surface area contributed by atoms with Crippen molar-refractivity contribution < 1.29 is 21.6 Å². The van der Waals surface area contributed by atoms with E-state index in [0.717, 1.165) is 0 Å².